The van der Waals surface area contributed by atoms with Crippen LogP contribution < -0.4 is 20.6 Å². The molecule has 1 fully saturated rings. The predicted octanol–water partition coefficient (Wildman–Crippen LogP) is 1.71. The Hall–Kier alpha value is -2.41. The largest absolute Gasteiger partial charge is 0.490 e. The standard InChI is InChI=1S/C22H24Cl2N4O6S/c23-17-3-1-15(9-18(17)24)34-14-5-7-28(8-6-14)12-13(29)11-25-35(32,33)16-2-4-19-20(10-16)27-22(31)21(30)26-19/h1-4,9-10,13-14,25,29H,5-8,11-12H2,(H,26,30)(H,27,31). The Morgan fingerprint density at radius 1 is 1.03 bits per heavy atom. The van der Waals surface area contributed by atoms with Crippen LogP contribution >= 0.6 is 23.2 Å². The van der Waals surface area contributed by atoms with Crippen molar-refractivity contribution in [2.75, 3.05) is 26.2 Å². The molecule has 3 aromatic rings. The Bertz CT molecular complexity index is 1430. The monoisotopic (exact) mass is 542 g/mol. The third-order valence-corrected chi connectivity index (χ3v) is 7.87. The normalized spacial score (nSPS) is 16.4. The second kappa shape index (κ2) is 10.7. The Morgan fingerprint density at radius 2 is 1.71 bits per heavy atom. The number of aromatic nitrogens is 2. The second-order valence-electron chi connectivity index (χ2n) is 8.32. The zero-order chi connectivity index (χ0) is 25.2. The number of aliphatic hydroxyl groups is 1. The molecule has 0 spiro atoms. The molecule has 0 bridgehead atoms. The average Bonchev–Trinajstić information content (AvgIpc) is 2.82. The number of rotatable bonds is 8. The summed E-state index contributed by atoms with van der Waals surface area (Å²) in [6.45, 7) is 1.49. The SMILES string of the molecule is O=c1[nH]c2ccc(S(=O)(=O)NCC(O)CN3CCC(Oc4ccc(Cl)c(Cl)c4)CC3)cc2[nH]c1=O. The average molecular weight is 543 g/mol. The van der Waals surface area contributed by atoms with E-state index in [9.17, 15) is 23.1 Å². The lowest BCUT2D eigenvalue weighted by Gasteiger charge is -2.33. The molecule has 1 aliphatic rings. The van der Waals surface area contributed by atoms with Gasteiger partial charge >= 0.3 is 11.1 Å². The van der Waals surface area contributed by atoms with Gasteiger partial charge in [0.2, 0.25) is 10.0 Å². The van der Waals surface area contributed by atoms with Crippen molar-refractivity contribution in [2.24, 2.45) is 0 Å². The van der Waals surface area contributed by atoms with Crippen molar-refractivity contribution < 1.29 is 18.3 Å². The molecular weight excluding hydrogens is 519 g/mol. The van der Waals surface area contributed by atoms with Gasteiger partial charge in [0.1, 0.15) is 11.9 Å². The zero-order valence-corrected chi connectivity index (χ0v) is 20.8. The van der Waals surface area contributed by atoms with Gasteiger partial charge in [-0.05, 0) is 43.2 Å². The maximum absolute atomic E-state index is 12.7. The predicted molar refractivity (Wildman–Crippen MR) is 133 cm³/mol. The van der Waals surface area contributed by atoms with Crippen LogP contribution in [0.1, 0.15) is 12.8 Å². The second-order valence-corrected chi connectivity index (χ2v) is 10.9. The number of aliphatic hydroxyl groups excluding tert-OH is 1. The van der Waals surface area contributed by atoms with Crippen molar-refractivity contribution in [1.29, 1.82) is 0 Å². The van der Waals surface area contributed by atoms with Crippen LogP contribution in [0.2, 0.25) is 10.0 Å². The van der Waals surface area contributed by atoms with Crippen LogP contribution in [0.5, 0.6) is 5.75 Å². The lowest BCUT2D eigenvalue weighted by molar-refractivity contribution is 0.0630. The van der Waals surface area contributed by atoms with E-state index < -0.39 is 27.2 Å². The van der Waals surface area contributed by atoms with Crippen LogP contribution in [0, 0.1) is 0 Å². The summed E-state index contributed by atoms with van der Waals surface area (Å²) < 4.78 is 33.7. The molecule has 2 heterocycles. The number of fused-ring (bicyclic) bond motifs is 1. The summed E-state index contributed by atoms with van der Waals surface area (Å²) in [7, 11) is -3.94. The van der Waals surface area contributed by atoms with Crippen molar-refractivity contribution in [2.45, 2.75) is 29.9 Å². The number of β-amino-alcohol motifs (C(OH)–C–C–N with tert-alkyl or cyclic N) is 1. The molecule has 13 heteroatoms. The topological polar surface area (TPSA) is 145 Å². The molecule has 1 aromatic heterocycles. The van der Waals surface area contributed by atoms with Gasteiger partial charge in [0.15, 0.2) is 0 Å². The van der Waals surface area contributed by atoms with Gasteiger partial charge < -0.3 is 24.7 Å². The highest BCUT2D eigenvalue weighted by atomic mass is 35.5. The Balaban J connectivity index is 1.27. The van der Waals surface area contributed by atoms with Gasteiger partial charge in [0.25, 0.3) is 0 Å². The number of ether oxygens (including phenoxy) is 1. The van der Waals surface area contributed by atoms with Crippen LogP contribution in [-0.4, -0.2) is 66.8 Å². The minimum atomic E-state index is -3.94. The Morgan fingerprint density at radius 3 is 2.40 bits per heavy atom. The summed E-state index contributed by atoms with van der Waals surface area (Å²) in [5, 5.41) is 11.3. The number of hydrogen-bond donors (Lipinski definition) is 4. The lowest BCUT2D eigenvalue weighted by Crippen LogP contribution is -2.45. The van der Waals surface area contributed by atoms with Gasteiger partial charge in [-0.25, -0.2) is 13.1 Å². The smallest absolute Gasteiger partial charge is 0.314 e. The van der Waals surface area contributed by atoms with E-state index in [1.807, 2.05) is 4.90 Å². The van der Waals surface area contributed by atoms with Gasteiger partial charge in [-0.2, -0.15) is 0 Å². The third kappa shape index (κ3) is 6.43. The molecule has 0 saturated carbocycles. The number of aromatic amines is 2. The van der Waals surface area contributed by atoms with Gasteiger partial charge in [-0.3, -0.25) is 9.59 Å². The van der Waals surface area contributed by atoms with Gasteiger partial charge in [0, 0.05) is 32.2 Å². The number of nitrogens with zero attached hydrogens (tertiary/aromatic N) is 1. The van der Waals surface area contributed by atoms with E-state index in [-0.39, 0.29) is 23.1 Å². The fraction of sp³-hybridized carbons (Fsp3) is 0.364. The molecule has 35 heavy (non-hydrogen) atoms. The van der Waals surface area contributed by atoms with Crippen molar-refractivity contribution in [3.63, 3.8) is 0 Å². The number of sulfonamides is 1. The number of H-pyrrole nitrogens is 2. The highest BCUT2D eigenvalue weighted by Crippen LogP contribution is 2.28. The van der Waals surface area contributed by atoms with Gasteiger partial charge in [0.05, 0.1) is 32.1 Å². The summed E-state index contributed by atoms with van der Waals surface area (Å²) >= 11 is 12.0. The molecule has 10 nitrogen and oxygen atoms in total. The van der Waals surface area contributed by atoms with Crippen LogP contribution in [0.25, 0.3) is 11.0 Å². The number of likely N-dealkylation sites (tertiary alicyclic amines) is 1. The number of nitrogens with one attached hydrogen (secondary N) is 3. The first-order chi connectivity index (χ1) is 16.6. The van der Waals surface area contributed by atoms with Crippen LogP contribution in [-0.2, 0) is 10.0 Å². The van der Waals surface area contributed by atoms with E-state index >= 15 is 0 Å². The third-order valence-electron chi connectivity index (χ3n) is 5.71. The van der Waals surface area contributed by atoms with E-state index in [1.165, 1.54) is 18.2 Å². The van der Waals surface area contributed by atoms with Crippen molar-refractivity contribution in [1.82, 2.24) is 19.6 Å². The molecule has 0 radical (unpaired) electrons. The van der Waals surface area contributed by atoms with Crippen molar-refractivity contribution in [3.8, 4) is 5.75 Å². The van der Waals surface area contributed by atoms with Crippen LogP contribution in [0.3, 0.4) is 0 Å². The molecule has 0 amide bonds. The molecule has 4 rings (SSSR count). The molecule has 1 unspecified atom stereocenters. The lowest BCUT2D eigenvalue weighted by atomic mass is 10.1. The number of hydrogen-bond acceptors (Lipinski definition) is 7. The Kier molecular flexibility index (Phi) is 7.84. The zero-order valence-electron chi connectivity index (χ0n) is 18.5. The van der Waals surface area contributed by atoms with Crippen LogP contribution in [0.15, 0.2) is 50.9 Å². The van der Waals surface area contributed by atoms with Gasteiger partial charge in [-0.1, -0.05) is 23.2 Å². The minimum Gasteiger partial charge on any atom is -0.490 e. The number of halogens is 2. The summed E-state index contributed by atoms with van der Waals surface area (Å²) in [6, 6.07) is 9.08. The quantitative estimate of drug-likeness (QED) is 0.317. The van der Waals surface area contributed by atoms with E-state index in [4.69, 9.17) is 27.9 Å². The fourth-order valence-corrected chi connectivity index (χ4v) is 5.25. The number of benzene rings is 2. The molecule has 1 atom stereocenters. The van der Waals surface area contributed by atoms with Crippen molar-refractivity contribution in [3.05, 3.63) is 67.2 Å². The maximum atomic E-state index is 12.7. The van der Waals surface area contributed by atoms with Crippen molar-refractivity contribution >= 4 is 44.3 Å². The molecule has 1 aliphatic heterocycles. The first kappa shape index (κ1) is 25.7. The van der Waals surface area contributed by atoms with E-state index in [0.29, 0.717) is 40.9 Å². The molecule has 4 N–H and O–H groups in total. The van der Waals surface area contributed by atoms with E-state index in [0.717, 1.165) is 12.8 Å². The summed E-state index contributed by atoms with van der Waals surface area (Å²) in [5.74, 6) is 0.649. The summed E-state index contributed by atoms with van der Waals surface area (Å²) in [6.07, 6.45) is 0.578. The summed E-state index contributed by atoms with van der Waals surface area (Å²) in [5.41, 5.74) is -1.20. The minimum absolute atomic E-state index is 0.00780. The first-order valence-electron chi connectivity index (χ1n) is 10.9. The molecule has 188 valence electrons. The van der Waals surface area contributed by atoms with Gasteiger partial charge in [-0.15, -0.1) is 0 Å². The highest BCUT2D eigenvalue weighted by Gasteiger charge is 2.24. The summed E-state index contributed by atoms with van der Waals surface area (Å²) in [4.78, 5) is 29.6. The highest BCUT2D eigenvalue weighted by molar-refractivity contribution is 7.89. The molecular formula is C22H24Cl2N4O6S. The molecule has 1 saturated heterocycles. The fourth-order valence-electron chi connectivity index (χ4n) is 3.87. The van der Waals surface area contributed by atoms with Crippen LogP contribution in [0.4, 0.5) is 0 Å². The molecule has 2 aromatic carbocycles. The van der Waals surface area contributed by atoms with E-state index in [1.54, 1.807) is 18.2 Å². The van der Waals surface area contributed by atoms with E-state index in [2.05, 4.69) is 14.7 Å². The first-order valence-corrected chi connectivity index (χ1v) is 13.1. The maximum Gasteiger partial charge on any atom is 0.314 e. The Labute approximate surface area is 210 Å². The molecule has 0 aliphatic carbocycles. The number of piperidine rings is 1.